The van der Waals surface area contributed by atoms with Crippen LogP contribution in [0.1, 0.15) is 26.7 Å². The van der Waals surface area contributed by atoms with Gasteiger partial charge in [-0.3, -0.25) is 9.80 Å². The second kappa shape index (κ2) is 10.3. The number of nitrogens with one attached hydrogen (secondary N) is 2. The van der Waals surface area contributed by atoms with Crippen molar-refractivity contribution in [3.05, 3.63) is 54.6 Å². The van der Waals surface area contributed by atoms with E-state index in [1.807, 2.05) is 0 Å². The van der Waals surface area contributed by atoms with Crippen LogP contribution in [0.2, 0.25) is 0 Å². The fourth-order valence-corrected chi connectivity index (χ4v) is 5.37. The summed E-state index contributed by atoms with van der Waals surface area (Å²) in [7, 11) is 0. The van der Waals surface area contributed by atoms with Gasteiger partial charge in [-0.05, 0) is 56.5 Å². The van der Waals surface area contributed by atoms with Gasteiger partial charge in [-0.2, -0.15) is 0 Å². The van der Waals surface area contributed by atoms with Crippen molar-refractivity contribution in [1.29, 1.82) is 0 Å². The largest absolute Gasteiger partial charge is 0.371 e. The number of H-pyrrole nitrogens is 1. The van der Waals surface area contributed by atoms with Crippen molar-refractivity contribution in [2.75, 3.05) is 57.3 Å². The van der Waals surface area contributed by atoms with Crippen molar-refractivity contribution in [1.82, 2.24) is 20.1 Å². The molecule has 2 N–H and O–H groups in total. The molecule has 3 aromatic rings. The van der Waals surface area contributed by atoms with E-state index in [1.165, 1.54) is 73.4 Å². The van der Waals surface area contributed by atoms with Gasteiger partial charge in [-0.25, -0.2) is 0 Å². The van der Waals surface area contributed by atoms with Crippen LogP contribution in [0.5, 0.6) is 0 Å². The van der Waals surface area contributed by atoms with E-state index in [0.717, 1.165) is 19.6 Å². The molecule has 0 atom stereocenters. The molecule has 2 aromatic carbocycles. The summed E-state index contributed by atoms with van der Waals surface area (Å²) in [6.45, 7) is 14.0. The molecule has 0 unspecified atom stereocenters. The summed E-state index contributed by atoms with van der Waals surface area (Å²) in [4.78, 5) is 11.3. The Hall–Kier alpha value is -2.34. The lowest BCUT2D eigenvalue weighted by Crippen LogP contribution is -2.51. The van der Waals surface area contributed by atoms with E-state index in [2.05, 4.69) is 93.4 Å². The molecular formula is C28H39N5. The number of rotatable bonds is 7. The maximum atomic E-state index is 3.84. The van der Waals surface area contributed by atoms with Gasteiger partial charge in [0.1, 0.15) is 0 Å². The van der Waals surface area contributed by atoms with Gasteiger partial charge in [0.2, 0.25) is 0 Å². The Morgan fingerprint density at radius 1 is 0.909 bits per heavy atom. The van der Waals surface area contributed by atoms with E-state index in [-0.39, 0.29) is 0 Å². The molecule has 0 radical (unpaired) electrons. The topological polar surface area (TPSA) is 37.5 Å². The molecule has 0 aliphatic carbocycles. The van der Waals surface area contributed by atoms with Crippen molar-refractivity contribution in [3.8, 4) is 11.3 Å². The number of para-hydroxylation sites is 1. The maximum Gasteiger partial charge on any atom is 0.0465 e. The Balaban J connectivity index is 1.09. The van der Waals surface area contributed by atoms with E-state index in [9.17, 15) is 0 Å². The highest BCUT2D eigenvalue weighted by atomic mass is 15.3. The zero-order valence-electron chi connectivity index (χ0n) is 20.3. The predicted octanol–water partition coefficient (Wildman–Crippen LogP) is 4.42. The lowest BCUT2D eigenvalue weighted by Gasteiger charge is -2.37. The minimum Gasteiger partial charge on any atom is -0.371 e. The van der Waals surface area contributed by atoms with Gasteiger partial charge in [0.25, 0.3) is 0 Å². The van der Waals surface area contributed by atoms with Gasteiger partial charge in [0, 0.05) is 86.7 Å². The number of aromatic nitrogens is 1. The molecule has 3 heterocycles. The highest BCUT2D eigenvalue weighted by molar-refractivity contribution is 5.86. The van der Waals surface area contributed by atoms with Crippen LogP contribution in [0.15, 0.2) is 54.6 Å². The Morgan fingerprint density at radius 2 is 1.70 bits per heavy atom. The third kappa shape index (κ3) is 5.43. The number of piperazine rings is 1. The van der Waals surface area contributed by atoms with E-state index >= 15 is 0 Å². The van der Waals surface area contributed by atoms with Crippen LogP contribution in [0.4, 0.5) is 5.69 Å². The summed E-state index contributed by atoms with van der Waals surface area (Å²) in [5.74, 6) is 0. The molecule has 2 aliphatic rings. The van der Waals surface area contributed by atoms with E-state index < -0.39 is 0 Å². The first-order chi connectivity index (χ1) is 16.2. The van der Waals surface area contributed by atoms with Crippen LogP contribution in [-0.2, 0) is 0 Å². The van der Waals surface area contributed by atoms with Crippen LogP contribution >= 0.6 is 0 Å². The molecule has 33 heavy (non-hydrogen) atoms. The quantitative estimate of drug-likeness (QED) is 0.565. The first kappa shape index (κ1) is 22.5. The van der Waals surface area contributed by atoms with Crippen LogP contribution in [0.25, 0.3) is 22.2 Å². The second-order valence-electron chi connectivity index (χ2n) is 10.0. The molecule has 2 fully saturated rings. The van der Waals surface area contributed by atoms with Crippen molar-refractivity contribution in [2.24, 2.45) is 0 Å². The summed E-state index contributed by atoms with van der Waals surface area (Å²) in [6.07, 6.45) is 2.44. The van der Waals surface area contributed by atoms with Gasteiger partial charge in [0.15, 0.2) is 0 Å². The fraction of sp³-hybridized carbons (Fsp3) is 0.500. The summed E-state index contributed by atoms with van der Waals surface area (Å²) in [5, 5.41) is 5.11. The van der Waals surface area contributed by atoms with E-state index in [4.69, 9.17) is 0 Å². The Kier molecular flexibility index (Phi) is 7.00. The average Bonchev–Trinajstić information content (AvgIpc) is 3.29. The van der Waals surface area contributed by atoms with Gasteiger partial charge in [-0.15, -0.1) is 0 Å². The summed E-state index contributed by atoms with van der Waals surface area (Å²) in [5.41, 5.74) is 5.00. The Morgan fingerprint density at radius 3 is 2.45 bits per heavy atom. The van der Waals surface area contributed by atoms with E-state index in [1.54, 1.807) is 0 Å². The van der Waals surface area contributed by atoms with Crippen LogP contribution in [-0.4, -0.2) is 79.2 Å². The van der Waals surface area contributed by atoms with Crippen molar-refractivity contribution < 1.29 is 0 Å². The third-order valence-corrected chi connectivity index (χ3v) is 7.55. The molecule has 5 heteroatoms. The van der Waals surface area contributed by atoms with Crippen LogP contribution in [0.3, 0.4) is 0 Å². The Bertz CT molecular complexity index is 992. The number of fused-ring (bicyclic) bond motifs is 1. The maximum absolute atomic E-state index is 3.84. The average molecular weight is 446 g/mol. The van der Waals surface area contributed by atoms with Gasteiger partial charge in [-0.1, -0.05) is 30.3 Å². The normalized spacial score (nSPS) is 19.1. The van der Waals surface area contributed by atoms with Crippen molar-refractivity contribution in [2.45, 2.75) is 38.8 Å². The first-order valence-electron chi connectivity index (χ1n) is 12.8. The molecule has 176 valence electrons. The molecule has 0 saturated carbocycles. The number of anilines is 1. The molecule has 0 amide bonds. The summed E-state index contributed by atoms with van der Waals surface area (Å²) >= 11 is 0. The van der Waals surface area contributed by atoms with Crippen molar-refractivity contribution >= 4 is 16.6 Å². The number of benzene rings is 2. The monoisotopic (exact) mass is 445 g/mol. The number of hydrogen-bond acceptors (Lipinski definition) is 4. The van der Waals surface area contributed by atoms with Crippen LogP contribution < -0.4 is 10.2 Å². The zero-order valence-corrected chi connectivity index (χ0v) is 20.3. The molecule has 2 aliphatic heterocycles. The zero-order chi connectivity index (χ0) is 22.6. The number of piperidine rings is 1. The minimum atomic E-state index is 0.648. The van der Waals surface area contributed by atoms with Gasteiger partial charge in [0.05, 0.1) is 0 Å². The number of nitrogens with zero attached hydrogens (tertiary/aromatic N) is 3. The molecule has 5 nitrogen and oxygen atoms in total. The number of hydrogen-bond donors (Lipinski definition) is 2. The minimum absolute atomic E-state index is 0.648. The fourth-order valence-electron chi connectivity index (χ4n) is 5.37. The standard InChI is InChI=1S/C28H39N5/c1-22(2)32-18-16-31(17-19-32)15-12-29-25-10-13-33(14-11-25)26-8-5-7-23(20-26)28-21-24-6-3-4-9-27(24)30-28/h3-9,20-22,25,29-30H,10-19H2,1-2H3. The molecule has 0 spiro atoms. The molecule has 0 bridgehead atoms. The van der Waals surface area contributed by atoms with Crippen molar-refractivity contribution in [3.63, 3.8) is 0 Å². The smallest absolute Gasteiger partial charge is 0.0465 e. The second-order valence-corrected chi connectivity index (χ2v) is 10.0. The highest BCUT2D eigenvalue weighted by Crippen LogP contribution is 2.28. The SMILES string of the molecule is CC(C)N1CCN(CCNC2CCN(c3cccc(-c4cc5ccccc5[nH]4)c3)CC2)CC1. The Labute approximate surface area is 198 Å². The summed E-state index contributed by atoms with van der Waals surface area (Å²) in [6, 6.07) is 21.1. The third-order valence-electron chi connectivity index (χ3n) is 7.55. The molecular weight excluding hydrogens is 406 g/mol. The molecule has 1 aromatic heterocycles. The first-order valence-corrected chi connectivity index (χ1v) is 12.8. The molecule has 2 saturated heterocycles. The van der Waals surface area contributed by atoms with Crippen LogP contribution in [0, 0.1) is 0 Å². The lowest BCUT2D eigenvalue weighted by molar-refractivity contribution is 0.108. The van der Waals surface area contributed by atoms with E-state index in [0.29, 0.717) is 12.1 Å². The summed E-state index contributed by atoms with van der Waals surface area (Å²) < 4.78 is 0. The lowest BCUT2D eigenvalue weighted by atomic mass is 10.0. The highest BCUT2D eigenvalue weighted by Gasteiger charge is 2.21. The van der Waals surface area contributed by atoms with Gasteiger partial charge < -0.3 is 15.2 Å². The molecule has 5 rings (SSSR count). The van der Waals surface area contributed by atoms with Gasteiger partial charge >= 0.3 is 0 Å². The predicted molar refractivity (Wildman–Crippen MR) is 140 cm³/mol. The number of aromatic amines is 1.